The Hall–Kier alpha value is -1.06. The van der Waals surface area contributed by atoms with Crippen molar-refractivity contribution in [3.63, 3.8) is 0 Å². The number of fused-ring (bicyclic) bond motifs is 1. The lowest BCUT2D eigenvalue weighted by atomic mass is 10.1. The third kappa shape index (κ3) is 2.84. The second kappa shape index (κ2) is 6.15. The predicted molar refractivity (Wildman–Crippen MR) is 85.2 cm³/mol. The molecule has 0 saturated carbocycles. The van der Waals surface area contributed by atoms with E-state index in [2.05, 4.69) is 47.2 Å². The first-order chi connectivity index (χ1) is 9.78. The number of piperazine rings is 1. The molecule has 110 valence electrons. The fraction of sp³-hybridized carbons (Fsp3) is 0.647. The summed E-state index contributed by atoms with van der Waals surface area (Å²) in [6.45, 7) is 11.7. The number of para-hydroxylation sites is 1. The molecule has 2 aliphatic rings. The minimum atomic E-state index is 0.736. The molecule has 3 heteroatoms. The molecule has 1 saturated heterocycles. The van der Waals surface area contributed by atoms with E-state index < -0.39 is 0 Å². The van der Waals surface area contributed by atoms with Gasteiger partial charge in [0.2, 0.25) is 0 Å². The Kier molecular flexibility index (Phi) is 4.27. The van der Waals surface area contributed by atoms with Crippen LogP contribution in [0.4, 0.5) is 5.69 Å². The fourth-order valence-electron chi connectivity index (χ4n) is 3.40. The van der Waals surface area contributed by atoms with Crippen molar-refractivity contribution in [3.05, 3.63) is 29.3 Å². The summed E-state index contributed by atoms with van der Waals surface area (Å²) < 4.78 is 0. The van der Waals surface area contributed by atoms with Gasteiger partial charge in [0.05, 0.1) is 0 Å². The van der Waals surface area contributed by atoms with Crippen molar-refractivity contribution in [2.75, 3.05) is 38.0 Å². The van der Waals surface area contributed by atoms with Gasteiger partial charge in [0.1, 0.15) is 0 Å². The molecule has 3 rings (SSSR count). The second-order valence-corrected chi connectivity index (χ2v) is 6.20. The van der Waals surface area contributed by atoms with E-state index in [1.165, 1.54) is 55.8 Å². The summed E-state index contributed by atoms with van der Waals surface area (Å²) in [6, 6.07) is 7.51. The zero-order valence-corrected chi connectivity index (χ0v) is 12.9. The lowest BCUT2D eigenvalue weighted by Gasteiger charge is -2.38. The van der Waals surface area contributed by atoms with E-state index in [-0.39, 0.29) is 0 Å². The zero-order chi connectivity index (χ0) is 13.9. The number of nitrogens with one attached hydrogen (secondary N) is 1. The van der Waals surface area contributed by atoms with E-state index in [4.69, 9.17) is 0 Å². The van der Waals surface area contributed by atoms with E-state index >= 15 is 0 Å². The van der Waals surface area contributed by atoms with Crippen molar-refractivity contribution in [2.45, 2.75) is 39.3 Å². The maximum absolute atomic E-state index is 3.56. The lowest BCUT2D eigenvalue weighted by Crippen LogP contribution is -2.49. The molecular weight excluding hydrogens is 246 g/mol. The molecule has 0 radical (unpaired) electrons. The van der Waals surface area contributed by atoms with Crippen molar-refractivity contribution >= 4 is 5.69 Å². The third-order valence-corrected chi connectivity index (χ3v) is 4.95. The molecule has 2 heterocycles. The summed E-state index contributed by atoms with van der Waals surface area (Å²) >= 11 is 0. The summed E-state index contributed by atoms with van der Waals surface area (Å²) in [7, 11) is 0. The molecule has 1 fully saturated rings. The van der Waals surface area contributed by atoms with Crippen LogP contribution < -0.4 is 5.32 Å². The molecule has 3 nitrogen and oxygen atoms in total. The summed E-state index contributed by atoms with van der Waals surface area (Å²) in [5.41, 5.74) is 4.40. The fourth-order valence-corrected chi connectivity index (χ4v) is 3.40. The molecule has 0 aliphatic carbocycles. The molecule has 1 aromatic carbocycles. The molecule has 1 atom stereocenters. The Morgan fingerprint density at radius 3 is 2.75 bits per heavy atom. The van der Waals surface area contributed by atoms with E-state index in [0.717, 1.165) is 19.1 Å². The Bertz CT molecular complexity index is 450. The minimum Gasteiger partial charge on any atom is -0.384 e. The summed E-state index contributed by atoms with van der Waals surface area (Å²) in [6.07, 6.45) is 2.45. The second-order valence-electron chi connectivity index (χ2n) is 6.20. The lowest BCUT2D eigenvalue weighted by molar-refractivity contribution is 0.0965. The highest BCUT2D eigenvalue weighted by molar-refractivity contribution is 5.61. The first kappa shape index (κ1) is 13.9. The molecule has 0 amide bonds. The molecule has 1 N–H and O–H groups in total. The SMILES string of the molecule is CCC(C)N1CCN(Cc2cccc3c2NCC3)CC1. The Morgan fingerprint density at radius 2 is 2.00 bits per heavy atom. The zero-order valence-electron chi connectivity index (χ0n) is 12.9. The van der Waals surface area contributed by atoms with Crippen LogP contribution in [0.25, 0.3) is 0 Å². The van der Waals surface area contributed by atoms with Crippen molar-refractivity contribution in [1.82, 2.24) is 9.80 Å². The highest BCUT2D eigenvalue weighted by atomic mass is 15.3. The van der Waals surface area contributed by atoms with Crippen molar-refractivity contribution in [1.29, 1.82) is 0 Å². The van der Waals surface area contributed by atoms with E-state index in [0.29, 0.717) is 0 Å². The average Bonchev–Trinajstić information content (AvgIpc) is 2.97. The standard InChI is InChI=1S/C17H27N3/c1-3-14(2)20-11-9-19(10-12-20)13-16-6-4-5-15-7-8-18-17(15)16/h4-6,14,18H,3,7-13H2,1-2H3. The van der Waals surface area contributed by atoms with Crippen molar-refractivity contribution in [3.8, 4) is 0 Å². The number of hydrogen-bond donors (Lipinski definition) is 1. The summed E-state index contributed by atoms with van der Waals surface area (Å²) in [5.74, 6) is 0. The van der Waals surface area contributed by atoms with Crippen LogP contribution in [0.15, 0.2) is 18.2 Å². The summed E-state index contributed by atoms with van der Waals surface area (Å²) in [5, 5.41) is 3.56. The molecule has 1 unspecified atom stereocenters. The van der Waals surface area contributed by atoms with E-state index in [9.17, 15) is 0 Å². The molecule has 20 heavy (non-hydrogen) atoms. The quantitative estimate of drug-likeness (QED) is 0.909. The maximum atomic E-state index is 3.56. The van der Waals surface area contributed by atoms with Gasteiger partial charge in [0.25, 0.3) is 0 Å². The highest BCUT2D eigenvalue weighted by Gasteiger charge is 2.21. The number of rotatable bonds is 4. The van der Waals surface area contributed by atoms with Crippen LogP contribution in [-0.4, -0.2) is 48.6 Å². The van der Waals surface area contributed by atoms with Gasteiger partial charge >= 0.3 is 0 Å². The monoisotopic (exact) mass is 273 g/mol. The predicted octanol–water partition coefficient (Wildman–Crippen LogP) is 2.57. The van der Waals surface area contributed by atoms with Gasteiger partial charge in [-0.25, -0.2) is 0 Å². The van der Waals surface area contributed by atoms with Crippen molar-refractivity contribution in [2.24, 2.45) is 0 Å². The maximum Gasteiger partial charge on any atom is 0.0419 e. The summed E-state index contributed by atoms with van der Waals surface area (Å²) in [4.78, 5) is 5.23. The highest BCUT2D eigenvalue weighted by Crippen LogP contribution is 2.27. The number of hydrogen-bond acceptors (Lipinski definition) is 3. The first-order valence-electron chi connectivity index (χ1n) is 8.09. The van der Waals surface area contributed by atoms with Crippen LogP contribution in [0, 0.1) is 0 Å². The molecule has 0 bridgehead atoms. The number of anilines is 1. The van der Waals surface area contributed by atoms with E-state index in [1.807, 2.05) is 0 Å². The third-order valence-electron chi connectivity index (χ3n) is 4.95. The van der Waals surface area contributed by atoms with Gasteiger partial charge in [-0.3, -0.25) is 9.80 Å². The van der Waals surface area contributed by atoms with Crippen LogP contribution in [0.5, 0.6) is 0 Å². The Labute approximate surface area is 123 Å². The van der Waals surface area contributed by atoms with Gasteiger partial charge in [0.15, 0.2) is 0 Å². The van der Waals surface area contributed by atoms with Gasteiger partial charge in [-0.05, 0) is 30.9 Å². The average molecular weight is 273 g/mol. The molecule has 0 aromatic heterocycles. The van der Waals surface area contributed by atoms with Gasteiger partial charge in [-0.2, -0.15) is 0 Å². The number of nitrogens with zero attached hydrogens (tertiary/aromatic N) is 2. The first-order valence-corrected chi connectivity index (χ1v) is 8.09. The van der Waals surface area contributed by atoms with Crippen LogP contribution in [0.1, 0.15) is 31.4 Å². The largest absolute Gasteiger partial charge is 0.384 e. The Morgan fingerprint density at radius 1 is 1.20 bits per heavy atom. The van der Waals surface area contributed by atoms with Gasteiger partial charge in [0, 0.05) is 51.0 Å². The van der Waals surface area contributed by atoms with Crippen LogP contribution >= 0.6 is 0 Å². The molecule has 0 spiro atoms. The van der Waals surface area contributed by atoms with Crippen LogP contribution in [0.3, 0.4) is 0 Å². The van der Waals surface area contributed by atoms with Crippen molar-refractivity contribution < 1.29 is 0 Å². The Balaban J connectivity index is 1.59. The van der Waals surface area contributed by atoms with Gasteiger partial charge in [-0.1, -0.05) is 25.1 Å². The van der Waals surface area contributed by atoms with E-state index in [1.54, 1.807) is 0 Å². The molecule has 1 aromatic rings. The van der Waals surface area contributed by atoms with Gasteiger partial charge < -0.3 is 5.32 Å². The smallest absolute Gasteiger partial charge is 0.0419 e. The molecule has 2 aliphatic heterocycles. The van der Waals surface area contributed by atoms with Gasteiger partial charge in [-0.15, -0.1) is 0 Å². The number of benzene rings is 1. The van der Waals surface area contributed by atoms with Crippen LogP contribution in [0.2, 0.25) is 0 Å². The topological polar surface area (TPSA) is 18.5 Å². The minimum absolute atomic E-state index is 0.736. The normalized spacial score (nSPS) is 21.5. The molecular formula is C17H27N3. The van der Waals surface area contributed by atoms with Crippen LogP contribution in [-0.2, 0) is 13.0 Å².